The van der Waals surface area contributed by atoms with Crippen molar-refractivity contribution < 1.29 is 4.74 Å². The van der Waals surface area contributed by atoms with Crippen molar-refractivity contribution in [2.45, 2.75) is 32.2 Å². The third-order valence-corrected chi connectivity index (χ3v) is 3.49. The number of rotatable bonds is 3. The summed E-state index contributed by atoms with van der Waals surface area (Å²) in [6, 6.07) is 0.240. The molecule has 19 heavy (non-hydrogen) atoms. The summed E-state index contributed by atoms with van der Waals surface area (Å²) >= 11 is 0. The lowest BCUT2D eigenvalue weighted by atomic mass is 10.1. The van der Waals surface area contributed by atoms with Gasteiger partial charge in [0.25, 0.3) is 0 Å². The monoisotopic (exact) mass is 264 g/mol. The van der Waals surface area contributed by atoms with Crippen LogP contribution in [-0.2, 0) is 0 Å². The van der Waals surface area contributed by atoms with Crippen LogP contribution in [0.5, 0.6) is 5.88 Å². The zero-order valence-electron chi connectivity index (χ0n) is 12.3. The normalized spacial score (nSPS) is 21.4. The minimum absolute atomic E-state index is 0.240. The SMILES string of the molecule is COc1nc(C(C)C)ncc1C1CN(C)CCCN1. The zero-order valence-corrected chi connectivity index (χ0v) is 12.3. The van der Waals surface area contributed by atoms with Crippen molar-refractivity contribution >= 4 is 0 Å². The van der Waals surface area contributed by atoms with Crippen LogP contribution in [0.3, 0.4) is 0 Å². The Labute approximate surface area is 115 Å². The number of nitrogens with one attached hydrogen (secondary N) is 1. The van der Waals surface area contributed by atoms with Gasteiger partial charge in [-0.05, 0) is 26.6 Å². The molecule has 1 aromatic heterocycles. The van der Waals surface area contributed by atoms with Gasteiger partial charge in [-0.25, -0.2) is 4.98 Å². The highest BCUT2D eigenvalue weighted by molar-refractivity contribution is 5.28. The Bertz CT molecular complexity index is 422. The maximum atomic E-state index is 5.46. The number of ether oxygens (including phenoxy) is 1. The van der Waals surface area contributed by atoms with Gasteiger partial charge in [0.2, 0.25) is 5.88 Å². The Morgan fingerprint density at radius 2 is 2.26 bits per heavy atom. The minimum Gasteiger partial charge on any atom is -0.481 e. The molecule has 106 valence electrons. The van der Waals surface area contributed by atoms with E-state index in [0.717, 1.165) is 31.0 Å². The minimum atomic E-state index is 0.240. The summed E-state index contributed by atoms with van der Waals surface area (Å²) in [4.78, 5) is 11.3. The van der Waals surface area contributed by atoms with E-state index in [4.69, 9.17) is 4.74 Å². The van der Waals surface area contributed by atoms with Gasteiger partial charge in [0.15, 0.2) is 0 Å². The Hall–Kier alpha value is -1.20. The van der Waals surface area contributed by atoms with Gasteiger partial charge < -0.3 is 15.0 Å². The summed E-state index contributed by atoms with van der Waals surface area (Å²) in [5.41, 5.74) is 1.06. The third kappa shape index (κ3) is 3.42. The van der Waals surface area contributed by atoms with Gasteiger partial charge in [-0.15, -0.1) is 0 Å². The van der Waals surface area contributed by atoms with Crippen LogP contribution < -0.4 is 10.1 Å². The Morgan fingerprint density at radius 3 is 2.95 bits per heavy atom. The van der Waals surface area contributed by atoms with Crippen molar-refractivity contribution in [1.82, 2.24) is 20.2 Å². The van der Waals surface area contributed by atoms with Crippen LogP contribution in [0.2, 0.25) is 0 Å². The van der Waals surface area contributed by atoms with E-state index >= 15 is 0 Å². The molecule has 1 aliphatic rings. The largest absolute Gasteiger partial charge is 0.481 e. The molecule has 0 radical (unpaired) electrons. The molecule has 0 aromatic carbocycles. The summed E-state index contributed by atoms with van der Waals surface area (Å²) in [5, 5.41) is 3.55. The molecular formula is C14H24N4O. The van der Waals surface area contributed by atoms with Crippen molar-refractivity contribution in [3.8, 4) is 5.88 Å². The number of likely N-dealkylation sites (N-methyl/N-ethyl adjacent to an activating group) is 1. The van der Waals surface area contributed by atoms with E-state index in [1.165, 1.54) is 6.42 Å². The second-order valence-electron chi connectivity index (χ2n) is 5.47. The zero-order chi connectivity index (χ0) is 13.8. The number of hydrogen-bond acceptors (Lipinski definition) is 5. The molecule has 1 N–H and O–H groups in total. The first-order chi connectivity index (χ1) is 9.11. The van der Waals surface area contributed by atoms with Gasteiger partial charge >= 0.3 is 0 Å². The van der Waals surface area contributed by atoms with Crippen molar-refractivity contribution in [3.63, 3.8) is 0 Å². The lowest BCUT2D eigenvalue weighted by molar-refractivity contribution is 0.317. The summed E-state index contributed by atoms with van der Waals surface area (Å²) in [6.45, 7) is 7.28. The lowest BCUT2D eigenvalue weighted by Crippen LogP contribution is -2.29. The van der Waals surface area contributed by atoms with Crippen LogP contribution in [-0.4, -0.2) is 48.7 Å². The summed E-state index contributed by atoms with van der Waals surface area (Å²) in [5.74, 6) is 1.85. The van der Waals surface area contributed by atoms with E-state index in [1.807, 2.05) is 6.20 Å². The highest BCUT2D eigenvalue weighted by Gasteiger charge is 2.22. The van der Waals surface area contributed by atoms with Crippen LogP contribution in [0.4, 0.5) is 0 Å². The van der Waals surface area contributed by atoms with Gasteiger partial charge in [0.05, 0.1) is 18.7 Å². The molecule has 0 bridgehead atoms. The first-order valence-corrected chi connectivity index (χ1v) is 6.94. The van der Waals surface area contributed by atoms with Gasteiger partial charge in [-0.3, -0.25) is 0 Å². The van der Waals surface area contributed by atoms with E-state index in [1.54, 1.807) is 7.11 Å². The van der Waals surface area contributed by atoms with Gasteiger partial charge in [0, 0.05) is 18.7 Å². The molecule has 2 rings (SSSR count). The third-order valence-electron chi connectivity index (χ3n) is 3.49. The molecule has 0 saturated carbocycles. The number of nitrogens with zero attached hydrogens (tertiary/aromatic N) is 3. The van der Waals surface area contributed by atoms with Crippen LogP contribution >= 0.6 is 0 Å². The molecule has 0 aliphatic carbocycles. The Morgan fingerprint density at radius 1 is 1.47 bits per heavy atom. The van der Waals surface area contributed by atoms with E-state index in [9.17, 15) is 0 Å². The van der Waals surface area contributed by atoms with Crippen molar-refractivity contribution in [1.29, 1.82) is 0 Å². The van der Waals surface area contributed by atoms with E-state index in [-0.39, 0.29) is 6.04 Å². The fourth-order valence-electron chi connectivity index (χ4n) is 2.37. The first-order valence-electron chi connectivity index (χ1n) is 6.94. The number of methoxy groups -OCH3 is 1. The van der Waals surface area contributed by atoms with E-state index < -0.39 is 0 Å². The maximum absolute atomic E-state index is 5.46. The molecule has 1 unspecified atom stereocenters. The number of aromatic nitrogens is 2. The fourth-order valence-corrected chi connectivity index (χ4v) is 2.37. The quantitative estimate of drug-likeness (QED) is 0.898. The molecule has 1 fully saturated rings. The Balaban J connectivity index is 2.27. The van der Waals surface area contributed by atoms with Crippen molar-refractivity contribution in [2.75, 3.05) is 33.8 Å². The van der Waals surface area contributed by atoms with Crippen LogP contribution in [0.15, 0.2) is 6.20 Å². The second kappa shape index (κ2) is 6.30. The maximum Gasteiger partial charge on any atom is 0.221 e. The molecule has 0 spiro atoms. The molecule has 0 amide bonds. The first kappa shape index (κ1) is 14.2. The molecule has 2 heterocycles. The van der Waals surface area contributed by atoms with Crippen LogP contribution in [0, 0.1) is 0 Å². The second-order valence-corrected chi connectivity index (χ2v) is 5.47. The molecule has 1 aromatic rings. The van der Waals surface area contributed by atoms with E-state index in [2.05, 4.69) is 41.1 Å². The molecule has 5 nitrogen and oxygen atoms in total. The molecule has 1 saturated heterocycles. The van der Waals surface area contributed by atoms with Gasteiger partial charge in [-0.1, -0.05) is 13.8 Å². The topological polar surface area (TPSA) is 50.3 Å². The predicted octanol–water partition coefficient (Wildman–Crippen LogP) is 1.57. The van der Waals surface area contributed by atoms with Crippen LogP contribution in [0.1, 0.15) is 43.6 Å². The van der Waals surface area contributed by atoms with Crippen molar-refractivity contribution in [2.24, 2.45) is 0 Å². The fraction of sp³-hybridized carbons (Fsp3) is 0.714. The van der Waals surface area contributed by atoms with Crippen LogP contribution in [0.25, 0.3) is 0 Å². The average Bonchev–Trinajstić information content (AvgIpc) is 2.62. The van der Waals surface area contributed by atoms with E-state index in [0.29, 0.717) is 11.8 Å². The molecule has 1 aliphatic heterocycles. The lowest BCUT2D eigenvalue weighted by Gasteiger charge is -2.22. The predicted molar refractivity (Wildman–Crippen MR) is 75.5 cm³/mol. The summed E-state index contributed by atoms with van der Waals surface area (Å²) in [6.07, 6.45) is 3.08. The molecule has 1 atom stereocenters. The van der Waals surface area contributed by atoms with Gasteiger partial charge in [0.1, 0.15) is 5.82 Å². The summed E-state index contributed by atoms with van der Waals surface area (Å²) in [7, 11) is 3.83. The smallest absolute Gasteiger partial charge is 0.221 e. The average molecular weight is 264 g/mol. The van der Waals surface area contributed by atoms with Crippen molar-refractivity contribution in [3.05, 3.63) is 17.6 Å². The number of hydrogen-bond donors (Lipinski definition) is 1. The highest BCUT2D eigenvalue weighted by atomic mass is 16.5. The standard InChI is InChI=1S/C14H24N4O/c1-10(2)13-16-8-11(14(17-13)19-4)12-9-18(3)7-5-6-15-12/h8,10,12,15H,5-7,9H2,1-4H3. The Kier molecular flexibility index (Phi) is 4.71. The summed E-state index contributed by atoms with van der Waals surface area (Å²) < 4.78 is 5.46. The molecule has 5 heteroatoms. The highest BCUT2D eigenvalue weighted by Crippen LogP contribution is 2.25. The van der Waals surface area contributed by atoms with Gasteiger partial charge in [-0.2, -0.15) is 4.98 Å². The molecular weight excluding hydrogens is 240 g/mol.